The van der Waals surface area contributed by atoms with Gasteiger partial charge in [0.1, 0.15) is 6.54 Å². The van der Waals surface area contributed by atoms with E-state index in [1.807, 2.05) is 61.5 Å². The molecule has 1 aromatic carbocycles. The van der Waals surface area contributed by atoms with Crippen LogP contribution in [0.4, 0.5) is 5.69 Å². The molecule has 136 valence electrons. The van der Waals surface area contributed by atoms with Gasteiger partial charge in [-0.2, -0.15) is 0 Å². The summed E-state index contributed by atoms with van der Waals surface area (Å²) < 4.78 is 0. The van der Waals surface area contributed by atoms with Gasteiger partial charge < -0.3 is 15.5 Å². The quantitative estimate of drug-likeness (QED) is 0.385. The van der Waals surface area contributed by atoms with Gasteiger partial charge in [-0.25, -0.2) is 9.98 Å². The first-order valence-electron chi connectivity index (χ1n) is 7.84. The molecule has 0 saturated carbocycles. The second-order valence-electron chi connectivity index (χ2n) is 5.30. The summed E-state index contributed by atoms with van der Waals surface area (Å²) in [6.45, 7) is 5.44. The van der Waals surface area contributed by atoms with Gasteiger partial charge in [-0.3, -0.25) is 4.79 Å². The number of benzene rings is 1. The molecule has 0 atom stereocenters. The summed E-state index contributed by atoms with van der Waals surface area (Å²) >= 11 is 1.63. The summed E-state index contributed by atoms with van der Waals surface area (Å²) in [7, 11) is 1.94. The van der Waals surface area contributed by atoms with Crippen molar-refractivity contribution in [1.29, 1.82) is 0 Å². The Morgan fingerprint density at radius 1 is 1.32 bits per heavy atom. The highest BCUT2D eigenvalue weighted by Crippen LogP contribution is 2.10. The van der Waals surface area contributed by atoms with Gasteiger partial charge in [0.25, 0.3) is 0 Å². The van der Waals surface area contributed by atoms with Gasteiger partial charge in [-0.1, -0.05) is 18.2 Å². The lowest BCUT2D eigenvalue weighted by atomic mass is 10.3. The number of amides is 1. The monoisotopic (exact) mass is 473 g/mol. The Bertz CT molecular complexity index is 689. The number of hydrogen-bond donors (Lipinski definition) is 2. The predicted molar refractivity (Wildman–Crippen MR) is 115 cm³/mol. The van der Waals surface area contributed by atoms with E-state index in [0.717, 1.165) is 22.9 Å². The Morgan fingerprint density at radius 2 is 2.04 bits per heavy atom. The zero-order chi connectivity index (χ0) is 17.4. The number of aliphatic imine (C=N–C) groups is 1. The van der Waals surface area contributed by atoms with Crippen LogP contribution >= 0.6 is 35.3 Å². The summed E-state index contributed by atoms with van der Waals surface area (Å²) in [6, 6.07) is 9.37. The molecule has 0 radical (unpaired) electrons. The van der Waals surface area contributed by atoms with E-state index in [1.54, 1.807) is 11.3 Å². The second kappa shape index (κ2) is 11.0. The number of aryl methyl sites for hydroxylation is 1. The van der Waals surface area contributed by atoms with E-state index >= 15 is 0 Å². The molecule has 1 aromatic heterocycles. The van der Waals surface area contributed by atoms with Crippen LogP contribution in [0.15, 0.2) is 40.7 Å². The van der Waals surface area contributed by atoms with Crippen LogP contribution in [0.5, 0.6) is 0 Å². The third-order valence-corrected chi connectivity index (χ3v) is 4.01. The zero-order valence-electron chi connectivity index (χ0n) is 14.7. The SMILES string of the molecule is CCNC(=NCC(=O)Nc1ccccc1)N(C)Cc1csc(C)n1.I. The van der Waals surface area contributed by atoms with E-state index < -0.39 is 0 Å². The van der Waals surface area contributed by atoms with Gasteiger partial charge in [0.05, 0.1) is 17.2 Å². The molecular formula is C17H24IN5OS. The molecule has 0 unspecified atom stereocenters. The zero-order valence-corrected chi connectivity index (χ0v) is 17.8. The number of carbonyl (C=O) groups excluding carboxylic acids is 1. The van der Waals surface area contributed by atoms with Crippen molar-refractivity contribution in [2.24, 2.45) is 4.99 Å². The summed E-state index contributed by atoms with van der Waals surface area (Å²) in [5.74, 6) is 0.542. The highest BCUT2D eigenvalue weighted by molar-refractivity contribution is 14.0. The molecule has 2 N–H and O–H groups in total. The van der Waals surface area contributed by atoms with Crippen LogP contribution in [-0.4, -0.2) is 41.9 Å². The molecule has 0 spiro atoms. The molecule has 0 aliphatic carbocycles. The van der Waals surface area contributed by atoms with Crippen molar-refractivity contribution in [3.63, 3.8) is 0 Å². The first-order chi connectivity index (χ1) is 11.6. The molecular weight excluding hydrogens is 449 g/mol. The molecule has 2 aromatic rings. The molecule has 25 heavy (non-hydrogen) atoms. The molecule has 0 aliphatic rings. The van der Waals surface area contributed by atoms with E-state index in [0.29, 0.717) is 12.5 Å². The number of guanidine groups is 1. The van der Waals surface area contributed by atoms with Crippen molar-refractivity contribution >= 4 is 52.9 Å². The van der Waals surface area contributed by atoms with Crippen molar-refractivity contribution in [3.8, 4) is 0 Å². The number of nitrogens with zero attached hydrogens (tertiary/aromatic N) is 3. The first-order valence-corrected chi connectivity index (χ1v) is 8.71. The maximum atomic E-state index is 12.0. The van der Waals surface area contributed by atoms with Crippen molar-refractivity contribution in [2.45, 2.75) is 20.4 Å². The minimum Gasteiger partial charge on any atom is -0.357 e. The van der Waals surface area contributed by atoms with Gasteiger partial charge in [0.2, 0.25) is 5.91 Å². The van der Waals surface area contributed by atoms with Gasteiger partial charge >= 0.3 is 0 Å². The molecule has 0 fully saturated rings. The van der Waals surface area contributed by atoms with Gasteiger partial charge in [-0.15, -0.1) is 35.3 Å². The highest BCUT2D eigenvalue weighted by Gasteiger charge is 2.09. The van der Waals surface area contributed by atoms with Gasteiger partial charge in [0, 0.05) is 24.7 Å². The molecule has 0 saturated heterocycles. The van der Waals surface area contributed by atoms with E-state index in [1.165, 1.54) is 0 Å². The minimum absolute atomic E-state index is 0. The Labute approximate surface area is 169 Å². The number of aromatic nitrogens is 1. The number of hydrogen-bond acceptors (Lipinski definition) is 4. The number of nitrogens with one attached hydrogen (secondary N) is 2. The van der Waals surface area contributed by atoms with E-state index in [-0.39, 0.29) is 36.4 Å². The predicted octanol–water partition coefficient (Wildman–Crippen LogP) is 3.11. The van der Waals surface area contributed by atoms with Crippen LogP contribution in [0.1, 0.15) is 17.6 Å². The van der Waals surface area contributed by atoms with Crippen LogP contribution < -0.4 is 10.6 Å². The number of halogens is 1. The Balaban J connectivity index is 0.00000312. The first kappa shape index (κ1) is 21.4. The minimum atomic E-state index is -0.144. The largest absolute Gasteiger partial charge is 0.357 e. The van der Waals surface area contributed by atoms with Gasteiger partial charge in [-0.05, 0) is 26.0 Å². The standard InChI is InChI=1S/C17H23N5OS.HI/c1-4-18-17(22(3)11-15-12-24-13(2)20-15)19-10-16(23)21-14-8-6-5-7-9-14;/h5-9,12H,4,10-11H2,1-3H3,(H,18,19)(H,21,23);1H. The maximum Gasteiger partial charge on any atom is 0.246 e. The van der Waals surface area contributed by atoms with Crippen LogP contribution in [-0.2, 0) is 11.3 Å². The molecule has 6 nitrogen and oxygen atoms in total. The summed E-state index contributed by atoms with van der Waals surface area (Å²) in [5, 5.41) is 9.11. The normalized spacial score (nSPS) is 10.8. The summed E-state index contributed by atoms with van der Waals surface area (Å²) in [4.78, 5) is 22.9. The van der Waals surface area contributed by atoms with Crippen molar-refractivity contribution in [1.82, 2.24) is 15.2 Å². The lowest BCUT2D eigenvalue weighted by Crippen LogP contribution is -2.39. The van der Waals surface area contributed by atoms with Crippen molar-refractivity contribution < 1.29 is 4.79 Å². The molecule has 8 heteroatoms. The second-order valence-corrected chi connectivity index (χ2v) is 6.36. The number of anilines is 1. The topological polar surface area (TPSA) is 69.6 Å². The number of para-hydroxylation sites is 1. The van der Waals surface area contributed by atoms with E-state index in [9.17, 15) is 4.79 Å². The van der Waals surface area contributed by atoms with Crippen LogP contribution in [0.25, 0.3) is 0 Å². The Hall–Kier alpha value is -1.68. The average Bonchev–Trinajstić information content (AvgIpc) is 2.97. The molecule has 0 aliphatic heterocycles. The fraction of sp³-hybridized carbons (Fsp3) is 0.353. The summed E-state index contributed by atoms with van der Waals surface area (Å²) in [5.41, 5.74) is 1.77. The molecule has 2 rings (SSSR count). The Kier molecular flexibility index (Phi) is 9.43. The third-order valence-electron chi connectivity index (χ3n) is 3.19. The average molecular weight is 473 g/mol. The number of carbonyl (C=O) groups is 1. The van der Waals surface area contributed by atoms with Gasteiger partial charge in [0.15, 0.2) is 5.96 Å². The number of thiazole rings is 1. The fourth-order valence-electron chi connectivity index (χ4n) is 2.14. The fourth-order valence-corrected chi connectivity index (χ4v) is 2.74. The number of rotatable bonds is 6. The Morgan fingerprint density at radius 3 is 2.64 bits per heavy atom. The smallest absolute Gasteiger partial charge is 0.246 e. The molecule has 1 amide bonds. The summed E-state index contributed by atoms with van der Waals surface area (Å²) in [6.07, 6.45) is 0. The van der Waals surface area contributed by atoms with Crippen LogP contribution in [0, 0.1) is 6.92 Å². The van der Waals surface area contributed by atoms with Crippen LogP contribution in [0.2, 0.25) is 0 Å². The van der Waals surface area contributed by atoms with Crippen LogP contribution in [0.3, 0.4) is 0 Å². The lowest BCUT2D eigenvalue weighted by Gasteiger charge is -2.21. The van der Waals surface area contributed by atoms with Crippen molar-refractivity contribution in [3.05, 3.63) is 46.4 Å². The maximum absolute atomic E-state index is 12.0. The molecule has 1 heterocycles. The van der Waals surface area contributed by atoms with Crippen molar-refractivity contribution in [2.75, 3.05) is 25.5 Å². The third kappa shape index (κ3) is 7.39. The lowest BCUT2D eigenvalue weighted by molar-refractivity contribution is -0.114. The highest BCUT2D eigenvalue weighted by atomic mass is 127. The van der Waals surface area contributed by atoms with E-state index in [4.69, 9.17) is 0 Å². The van der Waals surface area contributed by atoms with E-state index in [2.05, 4.69) is 20.6 Å². The molecule has 0 bridgehead atoms.